The highest BCUT2D eigenvalue weighted by atomic mass is 16.6. The van der Waals surface area contributed by atoms with Crippen LogP contribution in [0.3, 0.4) is 0 Å². The summed E-state index contributed by atoms with van der Waals surface area (Å²) in [7, 11) is 0. The zero-order valence-electron chi connectivity index (χ0n) is 12.7. The van der Waals surface area contributed by atoms with E-state index in [1.165, 1.54) is 0 Å². The maximum absolute atomic E-state index is 11.4. The van der Waals surface area contributed by atoms with E-state index in [1.54, 1.807) is 19.1 Å². The van der Waals surface area contributed by atoms with Crippen LogP contribution in [0, 0.1) is 6.92 Å². The molecule has 0 spiro atoms. The summed E-state index contributed by atoms with van der Waals surface area (Å²) in [4.78, 5) is 33.9. The van der Waals surface area contributed by atoms with Crippen molar-refractivity contribution in [3.63, 3.8) is 0 Å². The average Bonchev–Trinajstić information content (AvgIpc) is 2.49. The molecule has 0 saturated heterocycles. The van der Waals surface area contributed by atoms with Crippen molar-refractivity contribution >= 4 is 17.8 Å². The zero-order valence-corrected chi connectivity index (χ0v) is 12.7. The summed E-state index contributed by atoms with van der Waals surface area (Å²) in [5.41, 5.74) is 1.01. The Balaban J connectivity index is 2.20. The number of rotatable bonds is 8. The molecule has 0 heterocycles. The molecule has 0 radical (unpaired) electrons. The van der Waals surface area contributed by atoms with Gasteiger partial charge < -0.3 is 20.1 Å². The van der Waals surface area contributed by atoms with Gasteiger partial charge in [0, 0.05) is 6.54 Å². The predicted octanol–water partition coefficient (Wildman–Crippen LogP) is 0.169. The quantitative estimate of drug-likeness (QED) is 0.668. The Hall–Kier alpha value is -2.57. The van der Waals surface area contributed by atoms with Crippen LogP contribution in [0.4, 0.5) is 0 Å². The van der Waals surface area contributed by atoms with Crippen molar-refractivity contribution in [2.24, 2.45) is 0 Å². The number of carbonyl (C=O) groups excluding carboxylic acids is 3. The molecule has 1 aromatic rings. The molecule has 2 N–H and O–H groups in total. The summed E-state index contributed by atoms with van der Waals surface area (Å²) in [6.07, 6.45) is 0. The number of benzene rings is 1. The molecular formula is C15H20N2O5. The molecule has 0 bridgehead atoms. The number of aryl methyl sites for hydroxylation is 1. The fourth-order valence-corrected chi connectivity index (χ4v) is 1.52. The second kappa shape index (κ2) is 9.38. The van der Waals surface area contributed by atoms with E-state index in [1.807, 2.05) is 19.1 Å². The van der Waals surface area contributed by atoms with E-state index >= 15 is 0 Å². The molecule has 120 valence electrons. The second-order valence-electron chi connectivity index (χ2n) is 4.50. The predicted molar refractivity (Wildman–Crippen MR) is 79.3 cm³/mol. The molecule has 2 amide bonds. The second-order valence-corrected chi connectivity index (χ2v) is 4.50. The van der Waals surface area contributed by atoms with Crippen LogP contribution < -0.4 is 15.4 Å². The lowest BCUT2D eigenvalue weighted by atomic mass is 10.2. The van der Waals surface area contributed by atoms with Crippen molar-refractivity contribution in [1.82, 2.24) is 10.6 Å². The largest absolute Gasteiger partial charge is 0.482 e. The van der Waals surface area contributed by atoms with Gasteiger partial charge in [-0.2, -0.15) is 0 Å². The summed E-state index contributed by atoms with van der Waals surface area (Å²) in [5.74, 6) is -0.951. The Morgan fingerprint density at radius 2 is 1.86 bits per heavy atom. The molecular weight excluding hydrogens is 288 g/mol. The maximum atomic E-state index is 11.4. The van der Waals surface area contributed by atoms with Crippen molar-refractivity contribution in [3.05, 3.63) is 29.8 Å². The van der Waals surface area contributed by atoms with Crippen molar-refractivity contribution in [2.75, 3.05) is 26.3 Å². The number of hydrogen-bond donors (Lipinski definition) is 2. The summed E-state index contributed by atoms with van der Waals surface area (Å²) >= 11 is 0. The van der Waals surface area contributed by atoms with Gasteiger partial charge in [0.25, 0.3) is 5.91 Å². The summed E-state index contributed by atoms with van der Waals surface area (Å²) in [5, 5.41) is 4.86. The molecule has 0 fully saturated rings. The van der Waals surface area contributed by atoms with Crippen molar-refractivity contribution < 1.29 is 23.9 Å². The molecule has 7 heteroatoms. The molecule has 0 aliphatic rings. The van der Waals surface area contributed by atoms with Crippen molar-refractivity contribution in [2.45, 2.75) is 13.8 Å². The Kier molecular flexibility index (Phi) is 7.45. The summed E-state index contributed by atoms with van der Waals surface area (Å²) in [6.45, 7) is 3.28. The third kappa shape index (κ3) is 7.28. The highest BCUT2D eigenvalue weighted by molar-refractivity contribution is 5.86. The van der Waals surface area contributed by atoms with Crippen LogP contribution in [0.25, 0.3) is 0 Å². The number of hydrogen-bond acceptors (Lipinski definition) is 5. The minimum absolute atomic E-state index is 0.149. The molecule has 0 aliphatic carbocycles. The van der Waals surface area contributed by atoms with Gasteiger partial charge in [-0.25, -0.2) is 4.79 Å². The van der Waals surface area contributed by atoms with E-state index in [0.717, 1.165) is 5.56 Å². The third-order valence-electron chi connectivity index (χ3n) is 2.53. The van der Waals surface area contributed by atoms with Crippen LogP contribution in [0.5, 0.6) is 5.75 Å². The SMILES string of the molecule is CCNC(=O)CNC(=O)COC(=O)COc1cccc(C)c1. The van der Waals surface area contributed by atoms with Gasteiger partial charge in [-0.15, -0.1) is 0 Å². The number of likely N-dealkylation sites (N-methyl/N-ethyl adjacent to an activating group) is 1. The molecule has 0 unspecified atom stereocenters. The first-order valence-electron chi connectivity index (χ1n) is 6.89. The number of esters is 1. The van der Waals surface area contributed by atoms with Gasteiger partial charge in [0.05, 0.1) is 6.54 Å². The first kappa shape index (κ1) is 17.5. The smallest absolute Gasteiger partial charge is 0.344 e. The van der Waals surface area contributed by atoms with Gasteiger partial charge >= 0.3 is 5.97 Å². The van der Waals surface area contributed by atoms with Crippen LogP contribution in [0.15, 0.2) is 24.3 Å². The van der Waals surface area contributed by atoms with E-state index in [0.29, 0.717) is 12.3 Å². The Morgan fingerprint density at radius 1 is 1.09 bits per heavy atom. The van der Waals surface area contributed by atoms with E-state index in [-0.39, 0.29) is 19.1 Å². The fourth-order valence-electron chi connectivity index (χ4n) is 1.52. The monoisotopic (exact) mass is 308 g/mol. The Labute approximate surface area is 129 Å². The first-order chi connectivity index (χ1) is 10.5. The molecule has 0 aliphatic heterocycles. The van der Waals surface area contributed by atoms with E-state index in [4.69, 9.17) is 9.47 Å². The third-order valence-corrected chi connectivity index (χ3v) is 2.53. The highest BCUT2D eigenvalue weighted by Crippen LogP contribution is 2.11. The van der Waals surface area contributed by atoms with Crippen LogP contribution >= 0.6 is 0 Å². The van der Waals surface area contributed by atoms with Gasteiger partial charge in [-0.05, 0) is 31.5 Å². The highest BCUT2D eigenvalue weighted by Gasteiger charge is 2.09. The van der Waals surface area contributed by atoms with E-state index in [9.17, 15) is 14.4 Å². The number of ether oxygens (including phenoxy) is 2. The van der Waals surface area contributed by atoms with Gasteiger partial charge in [-0.3, -0.25) is 9.59 Å². The number of amides is 2. The van der Waals surface area contributed by atoms with Crippen LogP contribution in [0.2, 0.25) is 0 Å². The summed E-state index contributed by atoms with van der Waals surface area (Å²) in [6, 6.07) is 7.22. The number of carbonyl (C=O) groups is 3. The van der Waals surface area contributed by atoms with Crippen LogP contribution in [-0.4, -0.2) is 44.1 Å². The maximum Gasteiger partial charge on any atom is 0.344 e. The van der Waals surface area contributed by atoms with Gasteiger partial charge in [0.2, 0.25) is 5.91 Å². The fraction of sp³-hybridized carbons (Fsp3) is 0.400. The molecule has 7 nitrogen and oxygen atoms in total. The molecule has 1 rings (SSSR count). The first-order valence-corrected chi connectivity index (χ1v) is 6.89. The molecule has 1 aromatic carbocycles. The van der Waals surface area contributed by atoms with E-state index in [2.05, 4.69) is 10.6 Å². The topological polar surface area (TPSA) is 93.7 Å². The standard InChI is InChI=1S/C15H20N2O5/c1-3-16-13(18)8-17-14(19)9-22-15(20)10-21-12-6-4-5-11(2)7-12/h4-7H,3,8-10H2,1-2H3,(H,16,18)(H,17,19). The lowest BCUT2D eigenvalue weighted by Crippen LogP contribution is -2.38. The van der Waals surface area contributed by atoms with Crippen molar-refractivity contribution in [3.8, 4) is 5.75 Å². The molecule has 0 atom stereocenters. The molecule has 0 aromatic heterocycles. The zero-order chi connectivity index (χ0) is 16.4. The van der Waals surface area contributed by atoms with Gasteiger partial charge in [0.1, 0.15) is 5.75 Å². The minimum atomic E-state index is -0.658. The lowest BCUT2D eigenvalue weighted by molar-refractivity contribution is -0.150. The summed E-state index contributed by atoms with van der Waals surface area (Å²) < 4.78 is 9.98. The van der Waals surface area contributed by atoms with Crippen molar-refractivity contribution in [1.29, 1.82) is 0 Å². The van der Waals surface area contributed by atoms with E-state index < -0.39 is 18.5 Å². The molecule has 22 heavy (non-hydrogen) atoms. The van der Waals surface area contributed by atoms with Gasteiger partial charge in [0.15, 0.2) is 13.2 Å². The Bertz CT molecular complexity index is 530. The van der Waals surface area contributed by atoms with Gasteiger partial charge in [-0.1, -0.05) is 12.1 Å². The molecule has 0 saturated carbocycles. The van der Waals surface area contributed by atoms with Crippen LogP contribution in [0.1, 0.15) is 12.5 Å². The average molecular weight is 308 g/mol. The normalized spacial score (nSPS) is 9.73. The minimum Gasteiger partial charge on any atom is -0.482 e. The Morgan fingerprint density at radius 3 is 2.55 bits per heavy atom. The lowest BCUT2D eigenvalue weighted by Gasteiger charge is -2.08. The van der Waals surface area contributed by atoms with Crippen LogP contribution in [-0.2, 0) is 19.1 Å². The number of nitrogens with one attached hydrogen (secondary N) is 2.